The largest absolute Gasteiger partial charge is 0.330 e. The third-order valence-corrected chi connectivity index (χ3v) is 6.10. The van der Waals surface area contributed by atoms with Crippen LogP contribution in [0.5, 0.6) is 0 Å². The molecule has 4 rings (SSSR count). The number of hydrogen-bond acceptors (Lipinski definition) is 3. The zero-order valence-corrected chi connectivity index (χ0v) is 16.6. The van der Waals surface area contributed by atoms with Crippen molar-refractivity contribution < 1.29 is 0 Å². The SMILES string of the molecule is c1ccc(-c2ncn(CCCCN3CCSCC3)c2-c2ccccc2)cc1. The predicted octanol–water partition coefficient (Wildman–Crippen LogP) is 5.05. The Labute approximate surface area is 166 Å². The molecular formula is C23H27N3S. The molecule has 0 atom stereocenters. The van der Waals surface area contributed by atoms with Gasteiger partial charge in [0.25, 0.3) is 0 Å². The van der Waals surface area contributed by atoms with Gasteiger partial charge in [-0.3, -0.25) is 0 Å². The summed E-state index contributed by atoms with van der Waals surface area (Å²) in [6, 6.07) is 21.2. The van der Waals surface area contributed by atoms with Gasteiger partial charge in [-0.15, -0.1) is 0 Å². The monoisotopic (exact) mass is 377 g/mol. The molecule has 0 radical (unpaired) electrons. The Balaban J connectivity index is 1.49. The van der Waals surface area contributed by atoms with Gasteiger partial charge < -0.3 is 9.47 Å². The van der Waals surface area contributed by atoms with Gasteiger partial charge in [0.1, 0.15) is 0 Å². The summed E-state index contributed by atoms with van der Waals surface area (Å²) in [7, 11) is 0. The van der Waals surface area contributed by atoms with Crippen molar-refractivity contribution in [1.82, 2.24) is 14.5 Å². The lowest BCUT2D eigenvalue weighted by atomic mass is 10.0. The molecular weight excluding hydrogens is 350 g/mol. The molecule has 1 fully saturated rings. The molecule has 2 aromatic carbocycles. The summed E-state index contributed by atoms with van der Waals surface area (Å²) < 4.78 is 2.34. The molecule has 1 aliphatic rings. The number of thioether (sulfide) groups is 1. The lowest BCUT2D eigenvalue weighted by Crippen LogP contribution is -2.33. The molecule has 3 nitrogen and oxygen atoms in total. The van der Waals surface area contributed by atoms with Gasteiger partial charge in [-0.1, -0.05) is 60.7 Å². The van der Waals surface area contributed by atoms with Gasteiger partial charge >= 0.3 is 0 Å². The summed E-state index contributed by atoms with van der Waals surface area (Å²) in [4.78, 5) is 7.39. The van der Waals surface area contributed by atoms with Gasteiger partial charge in [0.05, 0.1) is 17.7 Å². The van der Waals surface area contributed by atoms with E-state index in [9.17, 15) is 0 Å². The number of aromatic nitrogens is 2. The maximum absolute atomic E-state index is 4.78. The number of aryl methyl sites for hydroxylation is 1. The van der Waals surface area contributed by atoms with Crippen molar-refractivity contribution in [3.63, 3.8) is 0 Å². The van der Waals surface area contributed by atoms with Crippen molar-refractivity contribution in [3.05, 3.63) is 67.0 Å². The van der Waals surface area contributed by atoms with E-state index in [4.69, 9.17) is 4.98 Å². The molecule has 0 amide bonds. The highest BCUT2D eigenvalue weighted by atomic mass is 32.2. The summed E-state index contributed by atoms with van der Waals surface area (Å²) >= 11 is 2.08. The fraction of sp³-hybridized carbons (Fsp3) is 0.348. The number of unbranched alkanes of at least 4 members (excludes halogenated alkanes) is 1. The number of hydrogen-bond donors (Lipinski definition) is 0. The number of imidazole rings is 1. The average molecular weight is 378 g/mol. The smallest absolute Gasteiger partial charge is 0.0963 e. The van der Waals surface area contributed by atoms with Crippen LogP contribution in [0.4, 0.5) is 0 Å². The van der Waals surface area contributed by atoms with Crippen LogP contribution >= 0.6 is 11.8 Å². The van der Waals surface area contributed by atoms with Crippen LogP contribution in [-0.4, -0.2) is 45.6 Å². The Morgan fingerprint density at radius 1 is 0.778 bits per heavy atom. The van der Waals surface area contributed by atoms with E-state index in [1.54, 1.807) is 0 Å². The maximum Gasteiger partial charge on any atom is 0.0963 e. The van der Waals surface area contributed by atoms with Crippen LogP contribution in [0.1, 0.15) is 12.8 Å². The Kier molecular flexibility index (Phi) is 6.28. The minimum Gasteiger partial charge on any atom is -0.330 e. The molecule has 0 N–H and O–H groups in total. The second-order valence-corrected chi connectivity index (χ2v) is 8.25. The van der Waals surface area contributed by atoms with Gasteiger partial charge in [0.15, 0.2) is 0 Å². The standard InChI is InChI=1S/C23H27N3S/c1-3-9-20(10-4-1)22-23(21-11-5-2-6-12-21)26(19-24-22)14-8-7-13-25-15-17-27-18-16-25/h1-6,9-12,19H,7-8,13-18H2. The molecule has 1 aliphatic heterocycles. The lowest BCUT2D eigenvalue weighted by Gasteiger charge is -2.26. The van der Waals surface area contributed by atoms with Crippen molar-refractivity contribution in [2.24, 2.45) is 0 Å². The van der Waals surface area contributed by atoms with E-state index >= 15 is 0 Å². The Morgan fingerprint density at radius 3 is 2.11 bits per heavy atom. The molecule has 140 valence electrons. The lowest BCUT2D eigenvalue weighted by molar-refractivity contribution is 0.293. The fourth-order valence-electron chi connectivity index (χ4n) is 3.70. The van der Waals surface area contributed by atoms with Crippen LogP contribution in [0, 0.1) is 0 Å². The summed E-state index contributed by atoms with van der Waals surface area (Å²) in [5.41, 5.74) is 4.73. The van der Waals surface area contributed by atoms with Crippen LogP contribution in [-0.2, 0) is 6.54 Å². The molecule has 1 aromatic heterocycles. The highest BCUT2D eigenvalue weighted by molar-refractivity contribution is 7.99. The second kappa shape index (κ2) is 9.25. The van der Waals surface area contributed by atoms with Crippen LogP contribution < -0.4 is 0 Å². The van der Waals surface area contributed by atoms with Gasteiger partial charge in [0.2, 0.25) is 0 Å². The van der Waals surface area contributed by atoms with Crippen molar-refractivity contribution in [1.29, 1.82) is 0 Å². The number of rotatable bonds is 7. The molecule has 4 heteroatoms. The van der Waals surface area contributed by atoms with Crippen molar-refractivity contribution in [2.45, 2.75) is 19.4 Å². The van der Waals surface area contributed by atoms with E-state index in [0.29, 0.717) is 0 Å². The normalized spacial score (nSPS) is 15.1. The molecule has 2 heterocycles. The zero-order chi connectivity index (χ0) is 18.3. The minimum atomic E-state index is 1.02. The number of benzene rings is 2. The average Bonchev–Trinajstić information content (AvgIpc) is 3.17. The molecule has 27 heavy (non-hydrogen) atoms. The highest BCUT2D eigenvalue weighted by Crippen LogP contribution is 2.31. The second-order valence-electron chi connectivity index (χ2n) is 7.03. The Bertz CT molecular complexity index is 823. The van der Waals surface area contributed by atoms with Gasteiger partial charge in [-0.25, -0.2) is 4.98 Å². The molecule has 0 aliphatic carbocycles. The first-order valence-electron chi connectivity index (χ1n) is 9.88. The first-order valence-corrected chi connectivity index (χ1v) is 11.0. The number of nitrogens with zero attached hydrogens (tertiary/aromatic N) is 3. The fourth-order valence-corrected chi connectivity index (χ4v) is 4.68. The summed E-state index contributed by atoms with van der Waals surface area (Å²) in [5, 5.41) is 0. The topological polar surface area (TPSA) is 21.1 Å². The Morgan fingerprint density at radius 2 is 1.41 bits per heavy atom. The van der Waals surface area contributed by atoms with Gasteiger partial charge in [-0.2, -0.15) is 11.8 Å². The van der Waals surface area contributed by atoms with Gasteiger partial charge in [-0.05, 0) is 19.4 Å². The van der Waals surface area contributed by atoms with Crippen molar-refractivity contribution >= 4 is 11.8 Å². The quantitative estimate of drug-likeness (QED) is 0.538. The van der Waals surface area contributed by atoms with E-state index in [0.717, 1.165) is 12.2 Å². The minimum absolute atomic E-state index is 1.02. The van der Waals surface area contributed by atoms with Crippen LogP contribution in [0.3, 0.4) is 0 Å². The molecule has 1 saturated heterocycles. The van der Waals surface area contributed by atoms with E-state index < -0.39 is 0 Å². The Hall–Kier alpha value is -2.04. The van der Waals surface area contributed by atoms with Crippen molar-refractivity contribution in [2.75, 3.05) is 31.1 Å². The molecule has 0 bridgehead atoms. The molecule has 0 unspecified atom stereocenters. The third kappa shape index (κ3) is 4.63. The predicted molar refractivity (Wildman–Crippen MR) is 116 cm³/mol. The molecule has 3 aromatic rings. The van der Waals surface area contributed by atoms with Crippen molar-refractivity contribution in [3.8, 4) is 22.5 Å². The molecule has 0 spiro atoms. The summed E-state index contributed by atoms with van der Waals surface area (Å²) in [6.07, 6.45) is 4.45. The van der Waals surface area contributed by atoms with Gasteiger partial charge in [0, 0.05) is 42.3 Å². The summed E-state index contributed by atoms with van der Waals surface area (Å²) in [6.45, 7) is 4.75. The first kappa shape index (κ1) is 18.3. The maximum atomic E-state index is 4.78. The van der Waals surface area contributed by atoms with Crippen LogP contribution in [0.25, 0.3) is 22.5 Å². The summed E-state index contributed by atoms with van der Waals surface area (Å²) in [5.74, 6) is 2.58. The third-order valence-electron chi connectivity index (χ3n) is 5.16. The highest BCUT2D eigenvalue weighted by Gasteiger charge is 2.15. The van der Waals surface area contributed by atoms with E-state index in [2.05, 4.69) is 81.9 Å². The van der Waals surface area contributed by atoms with Crippen LogP contribution in [0.2, 0.25) is 0 Å². The van der Waals surface area contributed by atoms with E-state index in [1.165, 1.54) is 60.8 Å². The van der Waals surface area contributed by atoms with E-state index in [1.807, 2.05) is 6.33 Å². The van der Waals surface area contributed by atoms with Crippen LogP contribution in [0.15, 0.2) is 67.0 Å². The van der Waals surface area contributed by atoms with E-state index in [-0.39, 0.29) is 0 Å². The zero-order valence-electron chi connectivity index (χ0n) is 15.8. The molecule has 0 saturated carbocycles. The first-order chi connectivity index (χ1) is 13.4.